The summed E-state index contributed by atoms with van der Waals surface area (Å²) in [7, 11) is 1.12. The van der Waals surface area contributed by atoms with E-state index in [0.717, 1.165) is 141 Å². The smallest absolute Gasteiger partial charge is 0.306 e. The Balaban J connectivity index is 4.06. The second-order valence-corrected chi connectivity index (χ2v) is 29.8. The molecule has 0 aliphatic carbocycles. The molecule has 0 saturated carbocycles. The Kier molecular flexibility index (Phi) is 77.4. The maximum absolute atomic E-state index is 12.9. The minimum Gasteiger partial charge on any atom is -0.756 e. The van der Waals surface area contributed by atoms with Gasteiger partial charge in [0.15, 0.2) is 6.10 Å². The normalized spacial score (nSPS) is 14.1. The van der Waals surface area contributed by atoms with E-state index in [-0.39, 0.29) is 26.1 Å². The van der Waals surface area contributed by atoms with E-state index in [4.69, 9.17) is 18.5 Å². The summed E-state index contributed by atoms with van der Waals surface area (Å²) in [5.74, 6) is -0.887. The number of phosphoric ester groups is 1. The number of carbonyl (C=O) groups is 2. The number of esters is 2. The van der Waals surface area contributed by atoms with E-state index in [1.807, 2.05) is 21.1 Å². The molecule has 0 spiro atoms. The third kappa shape index (κ3) is 85.5. The number of allylic oxidation sites excluding steroid dienone is 34. The van der Waals surface area contributed by atoms with Gasteiger partial charge in [0.25, 0.3) is 7.82 Å². The lowest BCUT2D eigenvalue weighted by molar-refractivity contribution is -0.870. The van der Waals surface area contributed by atoms with Crippen LogP contribution in [0.2, 0.25) is 0 Å². The molecule has 0 aromatic rings. The summed E-state index contributed by atoms with van der Waals surface area (Å²) in [5.41, 5.74) is 0. The third-order valence-corrected chi connectivity index (χ3v) is 18.3. The number of nitrogens with zero attached hydrogens (tertiary/aromatic N) is 1. The molecule has 10 heteroatoms. The SMILES string of the molecule is CC/C=C\C/C=C\C/C=C\C/C=C\C/C=C\C/C=C\C/C=C\C/C=C\C/C=C\C/C=C\C/C=C\C/C=C\CCCCC(=O)OC(COC(=O)CCCCCCCCCCCCCCCCCCCCCCCCCCC/C=C\C/C=C\C/C=C\C/C=C\C/C=C\CC)COP(=O)([O-])OCC[N+](C)(C)C. The average molecular weight is 1460 g/mol. The summed E-state index contributed by atoms with van der Waals surface area (Å²) in [5, 5.41) is 0. The van der Waals surface area contributed by atoms with E-state index in [2.05, 4.69) is 220 Å². The minimum absolute atomic E-state index is 0.0479. The van der Waals surface area contributed by atoms with Crippen molar-refractivity contribution in [2.75, 3.05) is 47.5 Å². The predicted octanol–water partition coefficient (Wildman–Crippen LogP) is 27.9. The van der Waals surface area contributed by atoms with Crippen LogP contribution in [0.15, 0.2) is 207 Å². The van der Waals surface area contributed by atoms with Crippen molar-refractivity contribution in [1.82, 2.24) is 0 Å². The first-order valence-corrected chi connectivity index (χ1v) is 43.3. The van der Waals surface area contributed by atoms with Gasteiger partial charge < -0.3 is 27.9 Å². The summed E-state index contributed by atoms with van der Waals surface area (Å²) in [6.45, 7) is 3.96. The van der Waals surface area contributed by atoms with Crippen LogP contribution in [-0.4, -0.2) is 70.0 Å². The zero-order valence-electron chi connectivity index (χ0n) is 67.1. The molecule has 588 valence electrons. The van der Waals surface area contributed by atoms with Crippen LogP contribution in [0.3, 0.4) is 0 Å². The number of unbranched alkanes of at least 4 members (excludes halogenated alkanes) is 27. The van der Waals surface area contributed by atoms with Crippen molar-refractivity contribution >= 4 is 19.8 Å². The second kappa shape index (κ2) is 81.7. The quantitative estimate of drug-likeness (QED) is 0.0195. The molecule has 0 radical (unpaired) electrons. The van der Waals surface area contributed by atoms with Gasteiger partial charge in [-0.3, -0.25) is 14.2 Å². The number of carbonyl (C=O) groups excluding carboxylic acids is 2. The summed E-state index contributed by atoms with van der Waals surface area (Å²) in [4.78, 5) is 38.2. The number of ether oxygens (including phenoxy) is 2. The lowest BCUT2D eigenvalue weighted by atomic mass is 10.0. The molecule has 0 fully saturated rings. The Morgan fingerprint density at radius 2 is 0.519 bits per heavy atom. The molecule has 0 rings (SSSR count). The van der Waals surface area contributed by atoms with Gasteiger partial charge in [0, 0.05) is 12.8 Å². The van der Waals surface area contributed by atoms with Gasteiger partial charge in [-0.1, -0.05) is 368 Å². The molecule has 0 aromatic heterocycles. The molecule has 0 saturated heterocycles. The van der Waals surface area contributed by atoms with Crippen LogP contribution >= 0.6 is 7.82 Å². The lowest BCUT2D eigenvalue weighted by Gasteiger charge is -2.28. The van der Waals surface area contributed by atoms with Crippen LogP contribution in [0.25, 0.3) is 0 Å². The number of hydrogen-bond donors (Lipinski definition) is 0. The Morgan fingerprint density at radius 3 is 0.788 bits per heavy atom. The summed E-state index contributed by atoms with van der Waals surface area (Å²) in [6.07, 6.45) is 128. The third-order valence-electron chi connectivity index (χ3n) is 17.3. The summed E-state index contributed by atoms with van der Waals surface area (Å²) >= 11 is 0. The largest absolute Gasteiger partial charge is 0.756 e. The molecule has 0 amide bonds. The zero-order valence-corrected chi connectivity index (χ0v) is 68.0. The van der Waals surface area contributed by atoms with Gasteiger partial charge in [0.2, 0.25) is 0 Å². The van der Waals surface area contributed by atoms with Crippen molar-refractivity contribution in [2.24, 2.45) is 0 Å². The molecule has 0 bridgehead atoms. The molecule has 0 heterocycles. The first-order valence-electron chi connectivity index (χ1n) is 41.8. The molecular weight excluding hydrogens is 1300 g/mol. The van der Waals surface area contributed by atoms with Gasteiger partial charge in [-0.05, 0) is 148 Å². The highest BCUT2D eigenvalue weighted by Gasteiger charge is 2.22. The molecule has 2 unspecified atom stereocenters. The van der Waals surface area contributed by atoms with Gasteiger partial charge in [-0.15, -0.1) is 0 Å². The zero-order chi connectivity index (χ0) is 75.4. The van der Waals surface area contributed by atoms with Crippen molar-refractivity contribution < 1.29 is 42.1 Å². The maximum Gasteiger partial charge on any atom is 0.306 e. The number of rotatable bonds is 75. The van der Waals surface area contributed by atoms with Crippen molar-refractivity contribution in [3.8, 4) is 0 Å². The van der Waals surface area contributed by atoms with Gasteiger partial charge in [-0.25, -0.2) is 0 Å². The van der Waals surface area contributed by atoms with E-state index in [1.165, 1.54) is 148 Å². The Morgan fingerprint density at radius 1 is 0.298 bits per heavy atom. The van der Waals surface area contributed by atoms with Crippen molar-refractivity contribution in [2.45, 2.75) is 328 Å². The molecule has 0 aromatic carbocycles. The summed E-state index contributed by atoms with van der Waals surface area (Å²) in [6, 6.07) is 0. The van der Waals surface area contributed by atoms with E-state index in [9.17, 15) is 19.0 Å². The summed E-state index contributed by atoms with van der Waals surface area (Å²) < 4.78 is 34.3. The standard InChI is InChI=1S/C94H154NO8P/c1-6-8-10-12-14-16-18-20-22-24-26-28-30-32-34-36-38-40-42-44-46-47-49-50-52-54-56-58-60-62-64-66-68-70-72-74-76-78-80-82-84-86-93(96)100-90-92(91-102-104(98,99)101-89-88-95(3,4)5)103-94(97)87-85-83-81-79-77-75-73-71-69-67-65-63-61-59-57-55-53-51-48-45-43-41-39-37-35-33-31-29-27-25-23-21-19-17-15-13-11-9-7-2/h8-11,14-17,20-23,26-29,32-35,39,41,45,48,53,55,59,61,65,67,71,73,77,79,92H,6-7,12-13,18-19,24-25,30-31,36-38,40,42-44,46-47,49-52,54,56-58,60,62-64,66,68-70,72,74-76,78,80-91H2,1-5H3/b10-8-,11-9-,16-14-,17-15-,22-20-,23-21-,28-26-,29-27-,34-32-,35-33-,41-39-,48-45-,55-53-,61-59-,67-65-,73-71-,79-77-. The highest BCUT2D eigenvalue weighted by Crippen LogP contribution is 2.38. The second-order valence-electron chi connectivity index (χ2n) is 28.4. The molecule has 0 aliphatic heterocycles. The van der Waals surface area contributed by atoms with E-state index >= 15 is 0 Å². The fourth-order valence-corrected chi connectivity index (χ4v) is 11.7. The van der Waals surface area contributed by atoms with Crippen LogP contribution in [0, 0.1) is 0 Å². The van der Waals surface area contributed by atoms with Crippen LogP contribution in [-0.2, 0) is 32.7 Å². The van der Waals surface area contributed by atoms with Gasteiger partial charge in [0.1, 0.15) is 19.8 Å². The molecule has 0 aliphatic rings. The highest BCUT2D eigenvalue weighted by atomic mass is 31.2. The molecule has 2 atom stereocenters. The highest BCUT2D eigenvalue weighted by molar-refractivity contribution is 7.45. The fraction of sp³-hybridized carbons (Fsp3) is 0.617. The number of quaternary nitrogens is 1. The number of hydrogen-bond acceptors (Lipinski definition) is 8. The molecule has 0 N–H and O–H groups in total. The number of likely N-dealkylation sites (N-methyl/N-ethyl adjacent to an activating group) is 1. The van der Waals surface area contributed by atoms with Crippen molar-refractivity contribution in [3.63, 3.8) is 0 Å². The van der Waals surface area contributed by atoms with Crippen molar-refractivity contribution in [3.05, 3.63) is 207 Å². The molecule has 9 nitrogen and oxygen atoms in total. The maximum atomic E-state index is 12.9. The van der Waals surface area contributed by atoms with E-state index < -0.39 is 32.5 Å². The first-order chi connectivity index (χ1) is 51.0. The van der Waals surface area contributed by atoms with Crippen LogP contribution in [0.1, 0.15) is 322 Å². The van der Waals surface area contributed by atoms with Gasteiger partial charge >= 0.3 is 11.9 Å². The Hall–Kier alpha value is -5.41. The number of phosphoric acid groups is 1. The van der Waals surface area contributed by atoms with Crippen molar-refractivity contribution in [1.29, 1.82) is 0 Å². The Bertz CT molecular complexity index is 2520. The average Bonchev–Trinajstić information content (AvgIpc) is 0.915. The monoisotopic (exact) mass is 1460 g/mol. The van der Waals surface area contributed by atoms with Crippen LogP contribution < -0.4 is 4.89 Å². The van der Waals surface area contributed by atoms with Gasteiger partial charge in [-0.2, -0.15) is 0 Å². The fourth-order valence-electron chi connectivity index (χ4n) is 11.0. The topological polar surface area (TPSA) is 111 Å². The van der Waals surface area contributed by atoms with Crippen LogP contribution in [0.4, 0.5) is 0 Å². The van der Waals surface area contributed by atoms with E-state index in [1.54, 1.807) is 0 Å². The lowest BCUT2D eigenvalue weighted by Crippen LogP contribution is -2.37. The Labute approximate surface area is 640 Å². The molecule has 104 heavy (non-hydrogen) atoms. The van der Waals surface area contributed by atoms with E-state index in [0.29, 0.717) is 17.4 Å². The predicted molar refractivity (Wildman–Crippen MR) is 452 cm³/mol. The minimum atomic E-state index is -4.67. The first kappa shape index (κ1) is 98.6. The van der Waals surface area contributed by atoms with Crippen LogP contribution in [0.5, 0.6) is 0 Å². The van der Waals surface area contributed by atoms with Gasteiger partial charge in [0.05, 0.1) is 27.7 Å². The molecular formula is C94H154NO8P.